The highest BCUT2D eigenvalue weighted by Gasteiger charge is 2.03. The first-order valence-electron chi connectivity index (χ1n) is 5.15. The number of anilines is 1. The van der Waals surface area contributed by atoms with Gasteiger partial charge in [0.15, 0.2) is 0 Å². The SMILES string of the molecule is CCc1cn(Cc2ccccc2)nc1N. The highest BCUT2D eigenvalue weighted by atomic mass is 15.3. The lowest BCUT2D eigenvalue weighted by Crippen LogP contribution is -2.00. The molecule has 0 radical (unpaired) electrons. The van der Waals surface area contributed by atoms with Crippen molar-refractivity contribution in [1.29, 1.82) is 0 Å². The first-order valence-corrected chi connectivity index (χ1v) is 5.15. The molecule has 0 saturated heterocycles. The van der Waals surface area contributed by atoms with Gasteiger partial charge in [0.1, 0.15) is 5.82 Å². The Morgan fingerprint density at radius 1 is 1.27 bits per heavy atom. The molecule has 0 amide bonds. The Hall–Kier alpha value is -1.77. The molecule has 0 atom stereocenters. The van der Waals surface area contributed by atoms with E-state index in [1.807, 2.05) is 29.1 Å². The second-order valence-corrected chi connectivity index (χ2v) is 3.58. The van der Waals surface area contributed by atoms with Crippen LogP contribution in [-0.4, -0.2) is 9.78 Å². The van der Waals surface area contributed by atoms with Crippen molar-refractivity contribution in [1.82, 2.24) is 9.78 Å². The van der Waals surface area contributed by atoms with E-state index >= 15 is 0 Å². The number of benzene rings is 1. The van der Waals surface area contributed by atoms with Crippen LogP contribution in [0.1, 0.15) is 18.1 Å². The maximum absolute atomic E-state index is 5.77. The van der Waals surface area contributed by atoms with Gasteiger partial charge in [-0.2, -0.15) is 5.10 Å². The molecule has 0 fully saturated rings. The molecule has 78 valence electrons. The Labute approximate surface area is 89.5 Å². The third-order valence-corrected chi connectivity index (χ3v) is 2.44. The van der Waals surface area contributed by atoms with Gasteiger partial charge >= 0.3 is 0 Å². The average molecular weight is 201 g/mol. The first kappa shape index (κ1) is 9.77. The quantitative estimate of drug-likeness (QED) is 0.826. The van der Waals surface area contributed by atoms with E-state index < -0.39 is 0 Å². The van der Waals surface area contributed by atoms with Crippen LogP contribution in [0, 0.1) is 0 Å². The van der Waals surface area contributed by atoms with Gasteiger partial charge in [0, 0.05) is 11.8 Å². The van der Waals surface area contributed by atoms with Crippen molar-refractivity contribution in [2.75, 3.05) is 5.73 Å². The molecule has 1 aromatic carbocycles. The fourth-order valence-electron chi connectivity index (χ4n) is 1.60. The number of aryl methyl sites for hydroxylation is 1. The third kappa shape index (κ3) is 2.18. The van der Waals surface area contributed by atoms with Crippen LogP contribution >= 0.6 is 0 Å². The molecule has 3 nitrogen and oxygen atoms in total. The summed E-state index contributed by atoms with van der Waals surface area (Å²) >= 11 is 0. The summed E-state index contributed by atoms with van der Waals surface area (Å²) in [4.78, 5) is 0. The van der Waals surface area contributed by atoms with Crippen LogP contribution in [0.4, 0.5) is 5.82 Å². The van der Waals surface area contributed by atoms with Crippen molar-refractivity contribution >= 4 is 5.82 Å². The predicted octanol–water partition coefficient (Wildman–Crippen LogP) is 2.08. The second-order valence-electron chi connectivity index (χ2n) is 3.58. The number of hydrogen-bond acceptors (Lipinski definition) is 2. The van der Waals surface area contributed by atoms with Crippen LogP contribution in [0.15, 0.2) is 36.5 Å². The van der Waals surface area contributed by atoms with Gasteiger partial charge in [0.25, 0.3) is 0 Å². The lowest BCUT2D eigenvalue weighted by atomic mass is 10.2. The van der Waals surface area contributed by atoms with E-state index in [0.29, 0.717) is 5.82 Å². The molecule has 1 aromatic heterocycles. The minimum atomic E-state index is 0.647. The zero-order chi connectivity index (χ0) is 10.7. The fraction of sp³-hybridized carbons (Fsp3) is 0.250. The lowest BCUT2D eigenvalue weighted by Gasteiger charge is -2.00. The summed E-state index contributed by atoms with van der Waals surface area (Å²) in [5.74, 6) is 0.647. The van der Waals surface area contributed by atoms with Crippen LogP contribution in [0.25, 0.3) is 0 Å². The smallest absolute Gasteiger partial charge is 0.148 e. The summed E-state index contributed by atoms with van der Waals surface area (Å²) in [5.41, 5.74) is 8.13. The van der Waals surface area contributed by atoms with Crippen LogP contribution < -0.4 is 5.73 Å². The van der Waals surface area contributed by atoms with Crippen molar-refractivity contribution in [2.24, 2.45) is 0 Å². The van der Waals surface area contributed by atoms with Gasteiger partial charge < -0.3 is 5.73 Å². The Morgan fingerprint density at radius 3 is 2.60 bits per heavy atom. The molecule has 0 unspecified atom stereocenters. The largest absolute Gasteiger partial charge is 0.382 e. The summed E-state index contributed by atoms with van der Waals surface area (Å²) in [5, 5.41) is 4.27. The molecule has 3 heteroatoms. The van der Waals surface area contributed by atoms with Gasteiger partial charge in [-0.15, -0.1) is 0 Å². The molecule has 2 rings (SSSR count). The molecule has 15 heavy (non-hydrogen) atoms. The van der Waals surface area contributed by atoms with Gasteiger partial charge in [-0.05, 0) is 12.0 Å². The summed E-state index contributed by atoms with van der Waals surface area (Å²) in [6.07, 6.45) is 2.95. The van der Waals surface area contributed by atoms with E-state index in [2.05, 4.69) is 24.2 Å². The van der Waals surface area contributed by atoms with Crippen LogP contribution in [0.2, 0.25) is 0 Å². The molecule has 0 spiro atoms. The Kier molecular flexibility index (Phi) is 2.72. The Balaban J connectivity index is 2.18. The maximum atomic E-state index is 5.77. The number of nitrogen functional groups attached to an aromatic ring is 1. The predicted molar refractivity (Wildman–Crippen MR) is 61.6 cm³/mol. The summed E-state index contributed by atoms with van der Waals surface area (Å²) in [6.45, 7) is 2.87. The highest BCUT2D eigenvalue weighted by molar-refractivity contribution is 5.37. The lowest BCUT2D eigenvalue weighted by molar-refractivity contribution is 0.689. The molecule has 0 aliphatic rings. The fourth-order valence-corrected chi connectivity index (χ4v) is 1.60. The van der Waals surface area contributed by atoms with Gasteiger partial charge in [0.2, 0.25) is 0 Å². The molecular formula is C12H15N3. The second kappa shape index (κ2) is 4.17. The summed E-state index contributed by atoms with van der Waals surface area (Å²) in [6, 6.07) is 10.2. The number of hydrogen-bond donors (Lipinski definition) is 1. The number of aromatic nitrogens is 2. The molecule has 2 N–H and O–H groups in total. The average Bonchev–Trinajstić information content (AvgIpc) is 2.60. The van der Waals surface area contributed by atoms with Crippen molar-refractivity contribution < 1.29 is 0 Å². The maximum Gasteiger partial charge on any atom is 0.148 e. The standard InChI is InChI=1S/C12H15N3/c1-2-11-9-15(14-12(11)13)8-10-6-4-3-5-7-10/h3-7,9H,2,8H2,1H3,(H2,13,14). The van der Waals surface area contributed by atoms with Crippen LogP contribution in [0.3, 0.4) is 0 Å². The zero-order valence-electron chi connectivity index (χ0n) is 8.85. The first-order chi connectivity index (χ1) is 7.29. The Morgan fingerprint density at radius 2 is 2.00 bits per heavy atom. The number of nitrogens with two attached hydrogens (primary N) is 1. The Bertz CT molecular complexity index is 431. The monoisotopic (exact) mass is 201 g/mol. The molecule has 0 aliphatic heterocycles. The van der Waals surface area contributed by atoms with Crippen LogP contribution in [0.5, 0.6) is 0 Å². The normalized spacial score (nSPS) is 10.5. The van der Waals surface area contributed by atoms with Crippen molar-refractivity contribution in [3.05, 3.63) is 47.7 Å². The van der Waals surface area contributed by atoms with E-state index in [-0.39, 0.29) is 0 Å². The minimum Gasteiger partial charge on any atom is -0.382 e. The molecule has 1 heterocycles. The summed E-state index contributed by atoms with van der Waals surface area (Å²) in [7, 11) is 0. The van der Waals surface area contributed by atoms with Gasteiger partial charge in [0.05, 0.1) is 6.54 Å². The van der Waals surface area contributed by atoms with Gasteiger partial charge in [-0.3, -0.25) is 4.68 Å². The van der Waals surface area contributed by atoms with Crippen LogP contribution in [-0.2, 0) is 13.0 Å². The topological polar surface area (TPSA) is 43.8 Å². The van der Waals surface area contributed by atoms with E-state index in [1.165, 1.54) is 5.56 Å². The van der Waals surface area contributed by atoms with E-state index in [0.717, 1.165) is 18.5 Å². The van der Waals surface area contributed by atoms with E-state index in [4.69, 9.17) is 5.73 Å². The van der Waals surface area contributed by atoms with Crippen molar-refractivity contribution in [3.8, 4) is 0 Å². The summed E-state index contributed by atoms with van der Waals surface area (Å²) < 4.78 is 1.89. The number of rotatable bonds is 3. The molecule has 0 saturated carbocycles. The van der Waals surface area contributed by atoms with Gasteiger partial charge in [-0.1, -0.05) is 37.3 Å². The minimum absolute atomic E-state index is 0.647. The third-order valence-electron chi connectivity index (χ3n) is 2.44. The van der Waals surface area contributed by atoms with Crippen molar-refractivity contribution in [2.45, 2.75) is 19.9 Å². The zero-order valence-corrected chi connectivity index (χ0v) is 8.85. The number of nitrogens with zero attached hydrogens (tertiary/aromatic N) is 2. The van der Waals surface area contributed by atoms with Crippen molar-refractivity contribution in [3.63, 3.8) is 0 Å². The molecule has 0 aliphatic carbocycles. The van der Waals surface area contributed by atoms with E-state index in [1.54, 1.807) is 0 Å². The van der Waals surface area contributed by atoms with E-state index in [9.17, 15) is 0 Å². The van der Waals surface area contributed by atoms with Gasteiger partial charge in [-0.25, -0.2) is 0 Å². The molecule has 0 bridgehead atoms. The molecular weight excluding hydrogens is 186 g/mol. The highest BCUT2D eigenvalue weighted by Crippen LogP contribution is 2.11. The molecule has 2 aromatic rings.